The van der Waals surface area contributed by atoms with Crippen LogP contribution < -0.4 is 0 Å². The van der Waals surface area contributed by atoms with Gasteiger partial charge < -0.3 is 0 Å². The number of rotatable bonds is 3. The maximum atomic E-state index is 2.50. The summed E-state index contributed by atoms with van der Waals surface area (Å²) >= 11 is 2.50. The average Bonchev–Trinajstić information content (AvgIpc) is 1.84. The van der Waals surface area contributed by atoms with Crippen molar-refractivity contribution in [2.45, 2.75) is 26.1 Å². The van der Waals surface area contributed by atoms with Crippen LogP contribution in [-0.2, 0) is 0 Å². The SMILES string of the molecule is C/C=C\C[Si](C)(C)CI. The maximum absolute atomic E-state index is 2.50. The standard InChI is InChI=1S/C7H15ISi/c1-4-5-6-9(2,3)7-8/h4-5H,6-7H2,1-3H3/b5-4-. The zero-order chi connectivity index (χ0) is 7.33. The molecule has 0 saturated carbocycles. The van der Waals surface area contributed by atoms with Gasteiger partial charge in [-0.2, -0.15) is 0 Å². The van der Waals surface area contributed by atoms with Crippen LogP contribution in [0.1, 0.15) is 6.92 Å². The summed E-state index contributed by atoms with van der Waals surface area (Å²) in [7, 11) is -0.798. The number of alkyl halides is 1. The van der Waals surface area contributed by atoms with E-state index >= 15 is 0 Å². The first-order chi connectivity index (χ1) is 4.12. The molecule has 0 N–H and O–H groups in total. The van der Waals surface area contributed by atoms with Gasteiger partial charge >= 0.3 is 0 Å². The molecule has 9 heavy (non-hydrogen) atoms. The normalized spacial score (nSPS) is 12.9. The lowest BCUT2D eigenvalue weighted by Crippen LogP contribution is -2.26. The molecule has 0 saturated heterocycles. The number of hydrogen-bond donors (Lipinski definition) is 0. The van der Waals surface area contributed by atoms with E-state index in [1.54, 1.807) is 0 Å². The minimum absolute atomic E-state index is 0.798. The van der Waals surface area contributed by atoms with Gasteiger partial charge in [-0.3, -0.25) is 0 Å². The molecule has 0 aliphatic carbocycles. The lowest BCUT2D eigenvalue weighted by Gasteiger charge is -2.15. The van der Waals surface area contributed by atoms with Crippen LogP contribution in [0.3, 0.4) is 0 Å². The molecule has 0 aromatic heterocycles. The molecule has 0 atom stereocenters. The average molecular weight is 254 g/mol. The summed E-state index contributed by atoms with van der Waals surface area (Å²) in [6, 6.07) is 1.34. The van der Waals surface area contributed by atoms with E-state index in [4.69, 9.17) is 0 Å². The van der Waals surface area contributed by atoms with E-state index < -0.39 is 8.07 Å². The third-order valence-corrected chi connectivity index (χ3v) is 9.53. The molecule has 0 fully saturated rings. The van der Waals surface area contributed by atoms with E-state index in [9.17, 15) is 0 Å². The van der Waals surface area contributed by atoms with Gasteiger partial charge in [0.25, 0.3) is 0 Å². The van der Waals surface area contributed by atoms with E-state index in [1.165, 1.54) is 10.1 Å². The smallest absolute Gasteiger partial charge is 0.0615 e. The van der Waals surface area contributed by atoms with Crippen molar-refractivity contribution in [2.75, 3.05) is 4.05 Å². The number of hydrogen-bond acceptors (Lipinski definition) is 0. The third kappa shape index (κ3) is 5.15. The maximum Gasteiger partial charge on any atom is 0.0615 e. The van der Waals surface area contributed by atoms with Gasteiger partial charge in [-0.1, -0.05) is 47.8 Å². The zero-order valence-corrected chi connectivity index (χ0v) is 9.60. The van der Waals surface area contributed by atoms with Crippen LogP contribution in [0.15, 0.2) is 12.2 Å². The lowest BCUT2D eigenvalue weighted by atomic mass is 10.6. The van der Waals surface area contributed by atoms with Crippen LogP contribution in [-0.4, -0.2) is 12.1 Å². The van der Waals surface area contributed by atoms with Crippen LogP contribution in [0.5, 0.6) is 0 Å². The fourth-order valence-electron chi connectivity index (χ4n) is 0.491. The Bertz CT molecular complexity index is 97.1. The van der Waals surface area contributed by atoms with Crippen molar-refractivity contribution in [3.63, 3.8) is 0 Å². The third-order valence-electron chi connectivity index (χ3n) is 1.27. The van der Waals surface area contributed by atoms with Crippen molar-refractivity contribution >= 4 is 30.7 Å². The fraction of sp³-hybridized carbons (Fsp3) is 0.714. The summed E-state index contributed by atoms with van der Waals surface area (Å²) in [5.74, 6) is 0. The Morgan fingerprint density at radius 3 is 2.33 bits per heavy atom. The van der Waals surface area contributed by atoms with Gasteiger partial charge in [-0.05, 0) is 17.0 Å². The first-order valence-corrected chi connectivity index (χ1v) is 8.23. The molecule has 0 nitrogen and oxygen atoms in total. The Morgan fingerprint density at radius 2 is 2.00 bits per heavy atom. The van der Waals surface area contributed by atoms with E-state index in [1.807, 2.05) is 0 Å². The van der Waals surface area contributed by atoms with Gasteiger partial charge in [0.05, 0.1) is 8.07 Å². The van der Waals surface area contributed by atoms with Gasteiger partial charge in [0, 0.05) is 0 Å². The number of allylic oxidation sites excluding steroid dienone is 2. The van der Waals surface area contributed by atoms with E-state index in [-0.39, 0.29) is 0 Å². The first kappa shape index (κ1) is 9.69. The Labute approximate surface area is 72.9 Å². The summed E-state index contributed by atoms with van der Waals surface area (Å²) < 4.78 is 1.37. The highest BCUT2D eigenvalue weighted by Gasteiger charge is 2.15. The van der Waals surface area contributed by atoms with Gasteiger partial charge in [0.2, 0.25) is 0 Å². The minimum atomic E-state index is -0.798. The predicted octanol–water partition coefficient (Wildman–Crippen LogP) is 3.25. The predicted molar refractivity (Wildman–Crippen MR) is 56.0 cm³/mol. The molecule has 0 aromatic carbocycles. The van der Waals surface area contributed by atoms with Crippen LogP contribution in [0, 0.1) is 0 Å². The molecule has 0 radical (unpaired) electrons. The van der Waals surface area contributed by atoms with Crippen LogP contribution in [0.2, 0.25) is 19.1 Å². The minimum Gasteiger partial charge on any atom is -0.0919 e. The summed E-state index contributed by atoms with van der Waals surface area (Å²) in [4.78, 5) is 0. The molecule has 0 bridgehead atoms. The highest BCUT2D eigenvalue weighted by molar-refractivity contribution is 14.1. The molecule has 0 amide bonds. The summed E-state index contributed by atoms with van der Waals surface area (Å²) in [6.07, 6.45) is 4.45. The lowest BCUT2D eigenvalue weighted by molar-refractivity contribution is 1.49. The van der Waals surface area contributed by atoms with Gasteiger partial charge in [0.15, 0.2) is 0 Å². The Hall–Kier alpha value is 0.687. The highest BCUT2D eigenvalue weighted by atomic mass is 127. The van der Waals surface area contributed by atoms with Gasteiger partial charge in [-0.25, -0.2) is 0 Å². The monoisotopic (exact) mass is 254 g/mol. The van der Waals surface area contributed by atoms with Gasteiger partial charge in [0.1, 0.15) is 0 Å². The molecule has 0 aromatic rings. The molecular weight excluding hydrogens is 239 g/mol. The topological polar surface area (TPSA) is 0 Å². The van der Waals surface area contributed by atoms with Crippen molar-refractivity contribution < 1.29 is 0 Å². The van der Waals surface area contributed by atoms with Crippen LogP contribution in [0.25, 0.3) is 0 Å². The molecule has 0 aliphatic heterocycles. The molecule has 0 spiro atoms. The van der Waals surface area contributed by atoms with E-state index in [0.717, 1.165) is 0 Å². The fourth-order valence-corrected chi connectivity index (χ4v) is 2.41. The molecule has 0 heterocycles. The summed E-state index contributed by atoms with van der Waals surface area (Å²) in [6.45, 7) is 6.95. The Morgan fingerprint density at radius 1 is 1.44 bits per heavy atom. The molecular formula is C7H15ISi. The Balaban J connectivity index is 3.58. The van der Waals surface area contributed by atoms with Crippen LogP contribution in [0.4, 0.5) is 0 Å². The van der Waals surface area contributed by atoms with Crippen LogP contribution >= 0.6 is 22.6 Å². The quantitative estimate of drug-likeness (QED) is 0.314. The molecule has 2 heteroatoms. The molecule has 0 aliphatic rings. The van der Waals surface area contributed by atoms with Crippen molar-refractivity contribution in [1.82, 2.24) is 0 Å². The molecule has 54 valence electrons. The second kappa shape index (κ2) is 4.49. The summed E-state index contributed by atoms with van der Waals surface area (Å²) in [5.41, 5.74) is 0. The van der Waals surface area contributed by atoms with E-state index in [0.29, 0.717) is 0 Å². The second-order valence-corrected chi connectivity index (χ2v) is 10.4. The van der Waals surface area contributed by atoms with Crippen molar-refractivity contribution in [3.05, 3.63) is 12.2 Å². The van der Waals surface area contributed by atoms with E-state index in [2.05, 4.69) is 54.8 Å². The highest BCUT2D eigenvalue weighted by Crippen LogP contribution is 2.12. The zero-order valence-electron chi connectivity index (χ0n) is 6.45. The van der Waals surface area contributed by atoms with Gasteiger partial charge in [-0.15, -0.1) is 0 Å². The second-order valence-electron chi connectivity index (χ2n) is 3.07. The van der Waals surface area contributed by atoms with Crippen molar-refractivity contribution in [2.24, 2.45) is 0 Å². The molecule has 0 rings (SSSR count). The number of halogens is 1. The summed E-state index contributed by atoms with van der Waals surface area (Å²) in [5, 5.41) is 0. The largest absolute Gasteiger partial charge is 0.0919 e. The Kier molecular flexibility index (Phi) is 4.84. The van der Waals surface area contributed by atoms with Crippen molar-refractivity contribution in [1.29, 1.82) is 0 Å². The van der Waals surface area contributed by atoms with Crippen molar-refractivity contribution in [3.8, 4) is 0 Å². The molecule has 0 unspecified atom stereocenters. The first-order valence-electron chi connectivity index (χ1n) is 3.29.